The number of nitro benzene ring substituents is 1. The van der Waals surface area contributed by atoms with Gasteiger partial charge in [-0.1, -0.05) is 20.8 Å². The van der Waals surface area contributed by atoms with E-state index in [0.717, 1.165) is 45.0 Å². The van der Waals surface area contributed by atoms with Crippen LogP contribution in [0.4, 0.5) is 42.1 Å². The second-order valence-electron chi connectivity index (χ2n) is 6.90. The molecular weight excluding hydrogens is 431 g/mol. The van der Waals surface area contributed by atoms with E-state index in [1.165, 1.54) is 0 Å². The monoisotopic (exact) mass is 445 g/mol. The minimum absolute atomic E-state index is 0.307. The van der Waals surface area contributed by atoms with Crippen molar-refractivity contribution in [1.82, 2.24) is 0 Å². The van der Waals surface area contributed by atoms with Gasteiger partial charge in [-0.3, -0.25) is 14.9 Å². The molecule has 166 valence electrons. The molecule has 0 unspecified atom stereocenters. The Bertz CT molecular complexity index is 886. The Morgan fingerprint density at radius 3 is 1.83 bits per heavy atom. The number of nitro groups is 1. The van der Waals surface area contributed by atoms with Crippen LogP contribution in [-0.4, -0.2) is 33.8 Å². The SMILES string of the molecule is CC(C)(C)/C(O)=C(/N=Nc1ccc([N+](=O)[O-])cc1)C(=O)C(F)(F)C(F)(F)C(F)(F)F. The summed E-state index contributed by atoms with van der Waals surface area (Å²) in [5.74, 6) is -17.5. The van der Waals surface area contributed by atoms with E-state index >= 15 is 0 Å². The lowest BCUT2D eigenvalue weighted by atomic mass is 9.90. The lowest BCUT2D eigenvalue weighted by Crippen LogP contribution is -2.56. The van der Waals surface area contributed by atoms with Gasteiger partial charge in [0, 0.05) is 17.5 Å². The van der Waals surface area contributed by atoms with E-state index in [9.17, 15) is 50.7 Å². The first-order valence-corrected chi connectivity index (χ1v) is 7.81. The van der Waals surface area contributed by atoms with Gasteiger partial charge >= 0.3 is 18.0 Å². The standard InChI is InChI=1S/C16H14F7N3O4/c1-13(2,3)11(27)10(12(28)14(17,18)15(19,20)16(21,22)23)25-24-8-4-6-9(7-5-8)26(29)30/h4-7,27H,1-3H3/b11-10-,25-24?. The summed E-state index contributed by atoms with van der Waals surface area (Å²) < 4.78 is 91.2. The van der Waals surface area contributed by atoms with E-state index in [-0.39, 0.29) is 5.69 Å². The third-order valence-electron chi connectivity index (χ3n) is 3.51. The van der Waals surface area contributed by atoms with Crippen LogP contribution in [0.2, 0.25) is 0 Å². The first kappa shape index (κ1) is 25.0. The van der Waals surface area contributed by atoms with E-state index in [2.05, 4.69) is 10.2 Å². The summed E-state index contributed by atoms with van der Waals surface area (Å²) in [5.41, 5.74) is -4.11. The highest BCUT2D eigenvalue weighted by atomic mass is 19.4. The zero-order valence-electron chi connectivity index (χ0n) is 15.5. The third-order valence-corrected chi connectivity index (χ3v) is 3.51. The number of rotatable bonds is 6. The highest BCUT2D eigenvalue weighted by Gasteiger charge is 2.76. The van der Waals surface area contributed by atoms with Crippen molar-refractivity contribution in [3.05, 3.63) is 45.8 Å². The van der Waals surface area contributed by atoms with Crippen molar-refractivity contribution in [2.24, 2.45) is 15.6 Å². The predicted octanol–water partition coefficient (Wildman–Crippen LogP) is 5.90. The number of alkyl halides is 7. The van der Waals surface area contributed by atoms with Crippen molar-refractivity contribution in [3.8, 4) is 0 Å². The van der Waals surface area contributed by atoms with Crippen LogP contribution in [0.15, 0.2) is 46.0 Å². The fraction of sp³-hybridized carbons (Fsp3) is 0.438. The Hall–Kier alpha value is -3.06. The van der Waals surface area contributed by atoms with Crippen LogP contribution in [0.5, 0.6) is 0 Å². The van der Waals surface area contributed by atoms with Crippen molar-refractivity contribution in [3.63, 3.8) is 0 Å². The van der Waals surface area contributed by atoms with Gasteiger partial charge in [0.05, 0.1) is 10.6 Å². The van der Waals surface area contributed by atoms with Crippen LogP contribution in [-0.2, 0) is 4.79 Å². The molecule has 0 saturated heterocycles. The van der Waals surface area contributed by atoms with E-state index in [0.29, 0.717) is 0 Å². The molecule has 0 aliphatic rings. The molecule has 7 nitrogen and oxygen atoms in total. The van der Waals surface area contributed by atoms with Crippen LogP contribution in [0.3, 0.4) is 0 Å². The summed E-state index contributed by atoms with van der Waals surface area (Å²) >= 11 is 0. The number of ketones is 1. The number of benzene rings is 1. The summed E-state index contributed by atoms with van der Waals surface area (Å²) in [6.07, 6.45) is -6.77. The molecule has 0 saturated carbocycles. The fourth-order valence-corrected chi connectivity index (χ4v) is 1.77. The van der Waals surface area contributed by atoms with Crippen molar-refractivity contribution in [2.75, 3.05) is 0 Å². The Morgan fingerprint density at radius 2 is 1.47 bits per heavy atom. The van der Waals surface area contributed by atoms with Crippen molar-refractivity contribution >= 4 is 17.2 Å². The zero-order valence-corrected chi connectivity index (χ0v) is 15.5. The minimum Gasteiger partial charge on any atom is -0.509 e. The molecule has 14 heteroatoms. The number of azo groups is 1. The van der Waals surface area contributed by atoms with Crippen LogP contribution in [0.1, 0.15) is 20.8 Å². The maximum atomic E-state index is 13.8. The lowest BCUT2D eigenvalue weighted by molar-refractivity contribution is -0.384. The van der Waals surface area contributed by atoms with Gasteiger partial charge in [-0.15, -0.1) is 5.11 Å². The molecule has 0 aromatic heterocycles. The Morgan fingerprint density at radius 1 is 1.00 bits per heavy atom. The summed E-state index contributed by atoms with van der Waals surface area (Å²) in [5, 5.41) is 26.7. The average Bonchev–Trinajstić information content (AvgIpc) is 2.59. The summed E-state index contributed by atoms with van der Waals surface area (Å²) in [6, 6.07) is 3.66. The van der Waals surface area contributed by atoms with Gasteiger partial charge in [0.15, 0.2) is 5.70 Å². The largest absolute Gasteiger partial charge is 0.509 e. The summed E-state index contributed by atoms with van der Waals surface area (Å²) in [6.45, 7) is 3.41. The predicted molar refractivity (Wildman–Crippen MR) is 87.7 cm³/mol. The second-order valence-corrected chi connectivity index (χ2v) is 6.90. The molecule has 0 bridgehead atoms. The quantitative estimate of drug-likeness (QED) is 0.147. The number of aliphatic hydroxyl groups excluding tert-OH is 1. The second kappa shape index (κ2) is 7.99. The molecule has 1 rings (SSSR count). The molecule has 0 atom stereocenters. The number of aliphatic hydroxyl groups is 1. The molecule has 1 N–H and O–H groups in total. The number of nitrogens with zero attached hydrogens (tertiary/aromatic N) is 3. The number of Topliss-reactive ketones (excluding diaryl/α,β-unsaturated/α-hetero) is 1. The van der Waals surface area contributed by atoms with Gasteiger partial charge in [-0.25, -0.2) is 0 Å². The van der Waals surface area contributed by atoms with Crippen molar-refractivity contribution in [2.45, 2.75) is 38.8 Å². The van der Waals surface area contributed by atoms with Gasteiger partial charge in [0.25, 0.3) is 11.5 Å². The number of non-ortho nitro benzene ring substituents is 1. The Balaban J connectivity index is 3.52. The molecule has 0 fully saturated rings. The van der Waals surface area contributed by atoms with Crippen LogP contribution >= 0.6 is 0 Å². The van der Waals surface area contributed by atoms with Gasteiger partial charge in [0.2, 0.25) is 0 Å². The highest BCUT2D eigenvalue weighted by Crippen LogP contribution is 2.48. The molecule has 1 aromatic carbocycles. The van der Waals surface area contributed by atoms with E-state index in [1.807, 2.05) is 0 Å². The molecule has 30 heavy (non-hydrogen) atoms. The number of hydrogen-bond acceptors (Lipinski definition) is 6. The Labute approximate surface area is 164 Å². The molecule has 0 radical (unpaired) electrons. The molecule has 0 amide bonds. The van der Waals surface area contributed by atoms with Crippen molar-refractivity contribution < 1.29 is 45.6 Å². The molecule has 0 heterocycles. The average molecular weight is 445 g/mol. The van der Waals surface area contributed by atoms with Crippen molar-refractivity contribution in [1.29, 1.82) is 0 Å². The van der Waals surface area contributed by atoms with E-state index in [4.69, 9.17) is 0 Å². The maximum Gasteiger partial charge on any atom is 0.460 e. The van der Waals surface area contributed by atoms with Crippen LogP contribution < -0.4 is 0 Å². The smallest absolute Gasteiger partial charge is 0.460 e. The molecular formula is C16H14F7N3O4. The van der Waals surface area contributed by atoms with E-state index < -0.39 is 51.3 Å². The van der Waals surface area contributed by atoms with Gasteiger partial charge in [-0.2, -0.15) is 35.8 Å². The highest BCUT2D eigenvalue weighted by molar-refractivity contribution is 6.01. The van der Waals surface area contributed by atoms with Crippen LogP contribution in [0, 0.1) is 15.5 Å². The van der Waals surface area contributed by atoms with Crippen LogP contribution in [0.25, 0.3) is 0 Å². The van der Waals surface area contributed by atoms with Gasteiger partial charge in [-0.05, 0) is 12.1 Å². The minimum atomic E-state index is -6.77. The first-order chi connectivity index (χ1) is 13.3. The molecule has 1 aromatic rings. The number of hydrogen-bond donors (Lipinski definition) is 1. The first-order valence-electron chi connectivity index (χ1n) is 7.81. The number of carbonyl (C=O) groups is 1. The zero-order chi connectivity index (χ0) is 23.7. The normalized spacial score (nSPS) is 14.6. The van der Waals surface area contributed by atoms with Gasteiger partial charge in [0.1, 0.15) is 5.76 Å². The van der Waals surface area contributed by atoms with Gasteiger partial charge < -0.3 is 5.11 Å². The molecule has 0 aliphatic carbocycles. The lowest BCUT2D eigenvalue weighted by Gasteiger charge is -2.28. The molecule has 0 spiro atoms. The third kappa shape index (κ3) is 4.91. The summed E-state index contributed by atoms with van der Waals surface area (Å²) in [7, 11) is 0. The maximum absolute atomic E-state index is 13.8. The Kier molecular flexibility index (Phi) is 6.65. The molecule has 0 aliphatic heterocycles. The number of halogens is 7. The summed E-state index contributed by atoms with van der Waals surface area (Å²) in [4.78, 5) is 21.7. The number of allylic oxidation sites excluding steroid dienone is 2. The number of carbonyl (C=O) groups excluding carboxylic acids is 1. The van der Waals surface area contributed by atoms with E-state index in [1.54, 1.807) is 0 Å². The topological polar surface area (TPSA) is 105 Å². The fourth-order valence-electron chi connectivity index (χ4n) is 1.77.